The third-order valence-corrected chi connectivity index (χ3v) is 10.00. The second kappa shape index (κ2) is 18.4. The lowest BCUT2D eigenvalue weighted by atomic mass is 10.0. The lowest BCUT2D eigenvalue weighted by molar-refractivity contribution is -0.120. The first-order valence-corrected chi connectivity index (χ1v) is 18.8. The summed E-state index contributed by atoms with van der Waals surface area (Å²) in [5.74, 6) is 0.801. The molecule has 52 heavy (non-hydrogen) atoms. The molecule has 4 heterocycles. The Bertz CT molecular complexity index is 1750. The smallest absolute Gasteiger partial charge is 0.255 e. The van der Waals surface area contributed by atoms with E-state index in [0.717, 1.165) is 68.3 Å². The van der Waals surface area contributed by atoms with Crippen molar-refractivity contribution < 1.29 is 28.9 Å². The van der Waals surface area contributed by atoms with Crippen molar-refractivity contribution in [2.24, 2.45) is 5.92 Å². The third kappa shape index (κ3) is 9.72. The third-order valence-electron chi connectivity index (χ3n) is 9.31. The van der Waals surface area contributed by atoms with E-state index in [9.17, 15) is 14.7 Å². The molecular weight excluding hydrogens is 681 g/mol. The summed E-state index contributed by atoms with van der Waals surface area (Å²) in [5, 5.41) is 15.7. The van der Waals surface area contributed by atoms with Gasteiger partial charge in [0, 0.05) is 80.3 Å². The molecule has 2 aliphatic rings. The number of anilines is 2. The van der Waals surface area contributed by atoms with E-state index in [1.807, 2.05) is 36.5 Å². The average Bonchev–Trinajstić information content (AvgIpc) is 3.79. The van der Waals surface area contributed by atoms with E-state index >= 15 is 0 Å². The lowest BCUT2D eigenvalue weighted by Crippen LogP contribution is -2.47. The highest BCUT2D eigenvalue weighted by Crippen LogP contribution is 2.37. The number of pyridine rings is 1. The molecule has 2 amide bonds. The summed E-state index contributed by atoms with van der Waals surface area (Å²) in [4.78, 5) is 42.6. The molecule has 6 rings (SSSR count). The standard InChI is InChI=1S/C39H48N6O6S/c1-28(2)11-18-49-20-22-51-23-21-50-19-17-43-13-15-44(16-14-43)35-10-9-30(26-41-35)29-7-8-31-27-45(38(48)33(31)25-29)36(32-5-3-4-6-34(32)46)37(47)42-39-40-12-24-52-39/h3-10,12,24-26,28,36,46H,11,13-23,27H2,1-2H3,(H,40,42,47). The van der Waals surface area contributed by atoms with Gasteiger partial charge < -0.3 is 29.1 Å². The minimum Gasteiger partial charge on any atom is -0.508 e. The molecule has 1 unspecified atom stereocenters. The van der Waals surface area contributed by atoms with Gasteiger partial charge in [0.15, 0.2) is 5.13 Å². The quantitative estimate of drug-likeness (QED) is 0.127. The van der Waals surface area contributed by atoms with Gasteiger partial charge in [0.25, 0.3) is 11.8 Å². The van der Waals surface area contributed by atoms with Gasteiger partial charge in [-0.05, 0) is 47.7 Å². The predicted molar refractivity (Wildman–Crippen MR) is 202 cm³/mol. The molecule has 4 aromatic rings. The number of nitrogens with one attached hydrogen (secondary N) is 1. The number of hydrogen-bond acceptors (Lipinski definition) is 11. The van der Waals surface area contributed by atoms with Gasteiger partial charge in [-0.3, -0.25) is 19.8 Å². The van der Waals surface area contributed by atoms with E-state index in [4.69, 9.17) is 19.2 Å². The Labute approximate surface area is 309 Å². The molecule has 2 N–H and O–H groups in total. The fourth-order valence-corrected chi connectivity index (χ4v) is 6.87. The van der Waals surface area contributed by atoms with Crippen LogP contribution in [0.3, 0.4) is 0 Å². The fourth-order valence-electron chi connectivity index (χ4n) is 6.34. The van der Waals surface area contributed by atoms with E-state index in [1.165, 1.54) is 22.3 Å². The van der Waals surface area contributed by atoms with Gasteiger partial charge in [0.1, 0.15) is 17.6 Å². The first-order chi connectivity index (χ1) is 25.4. The van der Waals surface area contributed by atoms with Crippen LogP contribution in [0.4, 0.5) is 10.9 Å². The number of carbonyl (C=O) groups is 2. The highest BCUT2D eigenvalue weighted by atomic mass is 32.1. The number of para-hydroxylation sites is 1. The number of aromatic hydroxyl groups is 1. The molecule has 0 spiro atoms. The average molecular weight is 729 g/mol. The van der Waals surface area contributed by atoms with Gasteiger partial charge in [-0.15, -0.1) is 11.3 Å². The summed E-state index contributed by atoms with van der Waals surface area (Å²) in [6.45, 7) is 13.0. The number of aromatic nitrogens is 2. The monoisotopic (exact) mass is 728 g/mol. The van der Waals surface area contributed by atoms with Gasteiger partial charge >= 0.3 is 0 Å². The Morgan fingerprint density at radius 3 is 2.33 bits per heavy atom. The van der Waals surface area contributed by atoms with Crippen LogP contribution in [0.5, 0.6) is 5.75 Å². The van der Waals surface area contributed by atoms with Crippen molar-refractivity contribution in [2.75, 3.05) is 82.6 Å². The lowest BCUT2D eigenvalue weighted by Gasteiger charge is -2.35. The van der Waals surface area contributed by atoms with Crippen molar-refractivity contribution in [1.82, 2.24) is 19.8 Å². The number of ether oxygens (including phenoxy) is 3. The summed E-state index contributed by atoms with van der Waals surface area (Å²) in [6.07, 6.45) is 4.52. The van der Waals surface area contributed by atoms with E-state index in [1.54, 1.807) is 29.8 Å². The Morgan fingerprint density at radius 2 is 1.63 bits per heavy atom. The second-order valence-electron chi connectivity index (χ2n) is 13.3. The van der Waals surface area contributed by atoms with Crippen LogP contribution in [0.25, 0.3) is 11.1 Å². The van der Waals surface area contributed by atoms with Gasteiger partial charge in [-0.25, -0.2) is 9.97 Å². The van der Waals surface area contributed by atoms with E-state index in [-0.39, 0.29) is 18.2 Å². The number of amides is 2. The number of nitrogens with zero attached hydrogens (tertiary/aromatic N) is 5. The molecule has 276 valence electrons. The summed E-state index contributed by atoms with van der Waals surface area (Å²) in [6, 6.07) is 15.4. The summed E-state index contributed by atoms with van der Waals surface area (Å²) >= 11 is 1.28. The minimum absolute atomic E-state index is 0.0564. The number of benzene rings is 2. The molecule has 13 heteroatoms. The highest BCUT2D eigenvalue weighted by Gasteiger charge is 2.39. The van der Waals surface area contributed by atoms with Crippen LogP contribution in [0.2, 0.25) is 0 Å². The number of rotatable bonds is 18. The maximum absolute atomic E-state index is 13.9. The van der Waals surface area contributed by atoms with E-state index in [0.29, 0.717) is 55.2 Å². The molecule has 2 aliphatic heterocycles. The summed E-state index contributed by atoms with van der Waals surface area (Å²) < 4.78 is 16.9. The summed E-state index contributed by atoms with van der Waals surface area (Å²) in [7, 11) is 0. The molecule has 1 atom stereocenters. The largest absolute Gasteiger partial charge is 0.508 e. The molecule has 2 aromatic carbocycles. The van der Waals surface area contributed by atoms with Gasteiger partial charge in [-0.1, -0.05) is 44.2 Å². The van der Waals surface area contributed by atoms with Crippen LogP contribution in [-0.4, -0.2) is 109 Å². The molecule has 0 radical (unpaired) electrons. The number of phenols is 1. The van der Waals surface area contributed by atoms with Gasteiger partial charge in [-0.2, -0.15) is 0 Å². The van der Waals surface area contributed by atoms with E-state index < -0.39 is 11.9 Å². The normalized spacial score (nSPS) is 15.3. The SMILES string of the molecule is CC(C)CCOCCOCCOCCN1CCN(c2ccc(-c3ccc4c(c3)C(=O)N(C(C(=O)Nc3nccs3)c3ccccc3O)C4)cn2)CC1. The second-order valence-corrected chi connectivity index (χ2v) is 14.2. The minimum atomic E-state index is -1.04. The van der Waals surface area contributed by atoms with Crippen molar-refractivity contribution in [3.63, 3.8) is 0 Å². The zero-order valence-electron chi connectivity index (χ0n) is 29.9. The number of thiazole rings is 1. The van der Waals surface area contributed by atoms with Crippen LogP contribution in [0.1, 0.15) is 47.8 Å². The number of fused-ring (bicyclic) bond motifs is 1. The number of carbonyl (C=O) groups excluding carboxylic acids is 2. The molecule has 0 saturated carbocycles. The molecule has 12 nitrogen and oxygen atoms in total. The molecule has 2 aromatic heterocycles. The molecule has 1 saturated heterocycles. The highest BCUT2D eigenvalue weighted by molar-refractivity contribution is 7.13. The molecule has 0 aliphatic carbocycles. The van der Waals surface area contributed by atoms with Crippen LogP contribution in [0, 0.1) is 5.92 Å². The number of hydrogen-bond donors (Lipinski definition) is 2. The molecule has 1 fully saturated rings. The van der Waals surface area contributed by atoms with E-state index in [2.05, 4.69) is 33.9 Å². The fraction of sp³-hybridized carbons (Fsp3) is 0.436. The first-order valence-electron chi connectivity index (χ1n) is 18.0. The van der Waals surface area contributed by atoms with Gasteiger partial charge in [0.2, 0.25) is 0 Å². The zero-order chi connectivity index (χ0) is 36.3. The maximum atomic E-state index is 13.9. The number of piperazine rings is 1. The van der Waals surface area contributed by atoms with Crippen LogP contribution in [0.15, 0.2) is 72.4 Å². The van der Waals surface area contributed by atoms with Crippen molar-refractivity contribution in [3.05, 3.63) is 89.1 Å². The van der Waals surface area contributed by atoms with Crippen molar-refractivity contribution in [3.8, 4) is 16.9 Å². The Kier molecular flexibility index (Phi) is 13.2. The van der Waals surface area contributed by atoms with Crippen molar-refractivity contribution in [1.29, 1.82) is 0 Å². The van der Waals surface area contributed by atoms with Crippen molar-refractivity contribution in [2.45, 2.75) is 32.9 Å². The first kappa shape index (κ1) is 37.4. The van der Waals surface area contributed by atoms with Crippen LogP contribution < -0.4 is 10.2 Å². The van der Waals surface area contributed by atoms with Crippen LogP contribution >= 0.6 is 11.3 Å². The maximum Gasteiger partial charge on any atom is 0.255 e. The predicted octanol–water partition coefficient (Wildman–Crippen LogP) is 5.46. The Hall–Kier alpha value is -4.40. The van der Waals surface area contributed by atoms with Gasteiger partial charge in [0.05, 0.1) is 33.0 Å². The molecule has 0 bridgehead atoms. The Balaban J connectivity index is 0.981. The summed E-state index contributed by atoms with van der Waals surface area (Å²) in [5.41, 5.74) is 3.45. The van der Waals surface area contributed by atoms with Crippen molar-refractivity contribution >= 4 is 34.1 Å². The topological polar surface area (TPSA) is 130 Å². The van der Waals surface area contributed by atoms with Crippen LogP contribution in [-0.2, 0) is 25.5 Å². The Morgan fingerprint density at radius 1 is 0.904 bits per heavy atom. The zero-order valence-corrected chi connectivity index (χ0v) is 30.7. The molecular formula is C39H48N6O6S. The number of phenolic OH excluding ortho intramolecular Hbond substituents is 1.